The van der Waals surface area contributed by atoms with Gasteiger partial charge in [-0.1, -0.05) is 30.3 Å². The van der Waals surface area contributed by atoms with Gasteiger partial charge in [0.2, 0.25) is 0 Å². The number of hydrogen-bond donors (Lipinski definition) is 1. The number of likely N-dealkylation sites (tertiary alicyclic amines) is 1. The molecule has 2 aromatic rings. The molecule has 1 fully saturated rings. The van der Waals surface area contributed by atoms with Crippen molar-refractivity contribution in [2.75, 3.05) is 19.6 Å². The van der Waals surface area contributed by atoms with E-state index in [4.69, 9.17) is 0 Å². The van der Waals surface area contributed by atoms with E-state index in [9.17, 15) is 9.59 Å². The molecule has 2 amide bonds. The number of hydrogen-bond acceptors (Lipinski definition) is 3. The number of aromatic nitrogens is 2. The van der Waals surface area contributed by atoms with Gasteiger partial charge in [-0.3, -0.25) is 9.59 Å². The molecule has 6 nitrogen and oxygen atoms in total. The fraction of sp³-hybridized carbons (Fsp3) is 0.476. The number of fused-ring (bicyclic) bond motifs is 1. The smallest absolute Gasteiger partial charge is 0.289 e. The Bertz CT molecular complexity index is 822. The van der Waals surface area contributed by atoms with Gasteiger partial charge in [0.15, 0.2) is 5.82 Å². The van der Waals surface area contributed by atoms with Gasteiger partial charge in [-0.2, -0.15) is 0 Å². The van der Waals surface area contributed by atoms with Crippen molar-refractivity contribution in [2.45, 2.75) is 45.1 Å². The molecule has 0 bridgehead atoms. The number of benzene rings is 1. The first-order valence-electron chi connectivity index (χ1n) is 9.95. The van der Waals surface area contributed by atoms with E-state index in [-0.39, 0.29) is 11.8 Å². The number of nitrogens with one attached hydrogen (secondary N) is 1. The Balaban J connectivity index is 1.49. The van der Waals surface area contributed by atoms with Crippen LogP contribution in [0.3, 0.4) is 0 Å². The lowest BCUT2D eigenvalue weighted by molar-refractivity contribution is 0.0774. The Labute approximate surface area is 159 Å². The second-order valence-electron chi connectivity index (χ2n) is 7.33. The van der Waals surface area contributed by atoms with Crippen molar-refractivity contribution in [1.29, 1.82) is 0 Å². The third-order valence-electron chi connectivity index (χ3n) is 5.46. The number of amides is 2. The van der Waals surface area contributed by atoms with Crippen LogP contribution in [0.1, 0.15) is 58.0 Å². The predicted molar refractivity (Wildman–Crippen MR) is 103 cm³/mol. The molecular formula is C21H26N4O2. The third kappa shape index (κ3) is 3.75. The topological polar surface area (TPSA) is 67.2 Å². The first-order valence-corrected chi connectivity index (χ1v) is 9.95. The van der Waals surface area contributed by atoms with Crippen molar-refractivity contribution in [1.82, 2.24) is 19.8 Å². The number of rotatable bonds is 5. The standard InChI is InChI=1S/C21H26N4O2/c26-20(22-12-11-16-8-2-1-3-9-16)18-17-10-4-5-15-25(17)19(23-18)21(27)24-13-6-7-14-24/h1-3,8-9H,4-7,10-15H2,(H,22,26). The van der Waals surface area contributed by atoms with E-state index in [1.165, 1.54) is 5.56 Å². The van der Waals surface area contributed by atoms with Crippen molar-refractivity contribution in [3.05, 3.63) is 53.1 Å². The van der Waals surface area contributed by atoms with Crippen molar-refractivity contribution in [3.8, 4) is 0 Å². The van der Waals surface area contributed by atoms with Gasteiger partial charge in [0.1, 0.15) is 5.69 Å². The summed E-state index contributed by atoms with van der Waals surface area (Å²) < 4.78 is 1.98. The minimum Gasteiger partial charge on any atom is -0.350 e. The van der Waals surface area contributed by atoms with Crippen LogP contribution in [-0.2, 0) is 19.4 Å². The fourth-order valence-corrected chi connectivity index (χ4v) is 4.00. The number of nitrogens with zero attached hydrogens (tertiary/aromatic N) is 3. The number of carbonyl (C=O) groups excluding carboxylic acids is 2. The van der Waals surface area contributed by atoms with E-state index in [0.29, 0.717) is 18.1 Å². The maximum atomic E-state index is 12.9. The molecule has 2 aliphatic rings. The Morgan fingerprint density at radius 2 is 1.74 bits per heavy atom. The van der Waals surface area contributed by atoms with Crippen molar-refractivity contribution < 1.29 is 9.59 Å². The molecule has 2 aliphatic heterocycles. The Morgan fingerprint density at radius 1 is 1.00 bits per heavy atom. The molecule has 1 N–H and O–H groups in total. The molecule has 3 heterocycles. The normalized spacial score (nSPS) is 16.2. The summed E-state index contributed by atoms with van der Waals surface area (Å²) in [5.41, 5.74) is 2.54. The highest BCUT2D eigenvalue weighted by Crippen LogP contribution is 2.23. The summed E-state index contributed by atoms with van der Waals surface area (Å²) in [6.07, 6.45) is 5.74. The van der Waals surface area contributed by atoms with Gasteiger partial charge < -0.3 is 14.8 Å². The van der Waals surface area contributed by atoms with Crippen LogP contribution in [-0.4, -0.2) is 45.9 Å². The lowest BCUT2D eigenvalue weighted by atomic mass is 10.1. The highest BCUT2D eigenvalue weighted by molar-refractivity contribution is 5.97. The molecular weight excluding hydrogens is 340 g/mol. The molecule has 0 unspecified atom stereocenters. The minimum atomic E-state index is -0.169. The zero-order valence-corrected chi connectivity index (χ0v) is 15.6. The molecule has 0 radical (unpaired) electrons. The average molecular weight is 366 g/mol. The van der Waals surface area contributed by atoms with Crippen LogP contribution in [0.2, 0.25) is 0 Å². The number of imidazole rings is 1. The Morgan fingerprint density at radius 3 is 2.52 bits per heavy atom. The highest BCUT2D eigenvalue weighted by atomic mass is 16.2. The van der Waals surface area contributed by atoms with Crippen molar-refractivity contribution in [2.24, 2.45) is 0 Å². The van der Waals surface area contributed by atoms with E-state index in [0.717, 1.165) is 63.9 Å². The quantitative estimate of drug-likeness (QED) is 0.884. The van der Waals surface area contributed by atoms with Crippen LogP contribution in [0.5, 0.6) is 0 Å². The second kappa shape index (κ2) is 7.94. The van der Waals surface area contributed by atoms with Crippen LogP contribution in [0.15, 0.2) is 30.3 Å². The average Bonchev–Trinajstić information content (AvgIpc) is 3.37. The molecule has 0 atom stereocenters. The van der Waals surface area contributed by atoms with E-state index in [2.05, 4.69) is 22.4 Å². The molecule has 27 heavy (non-hydrogen) atoms. The van der Waals surface area contributed by atoms with Gasteiger partial charge in [0.05, 0.1) is 5.69 Å². The van der Waals surface area contributed by atoms with E-state index in [1.807, 2.05) is 27.7 Å². The van der Waals surface area contributed by atoms with Gasteiger partial charge >= 0.3 is 0 Å². The lowest BCUT2D eigenvalue weighted by Gasteiger charge is -2.19. The summed E-state index contributed by atoms with van der Waals surface area (Å²) >= 11 is 0. The maximum Gasteiger partial charge on any atom is 0.289 e. The predicted octanol–water partition coefficient (Wildman–Crippen LogP) is 2.43. The number of carbonyl (C=O) groups is 2. The van der Waals surface area contributed by atoms with E-state index >= 15 is 0 Å². The first kappa shape index (κ1) is 17.8. The van der Waals surface area contributed by atoms with Crippen LogP contribution >= 0.6 is 0 Å². The summed E-state index contributed by atoms with van der Waals surface area (Å²) in [5, 5.41) is 2.98. The van der Waals surface area contributed by atoms with Gasteiger partial charge in [-0.05, 0) is 44.1 Å². The molecule has 0 spiro atoms. The fourth-order valence-electron chi connectivity index (χ4n) is 4.00. The Hall–Kier alpha value is -2.63. The van der Waals surface area contributed by atoms with E-state index < -0.39 is 0 Å². The molecule has 1 saturated heterocycles. The highest BCUT2D eigenvalue weighted by Gasteiger charge is 2.30. The molecule has 6 heteroatoms. The summed E-state index contributed by atoms with van der Waals surface area (Å²) in [6, 6.07) is 10.1. The van der Waals surface area contributed by atoms with Crippen LogP contribution in [0, 0.1) is 0 Å². The molecule has 142 valence electrons. The third-order valence-corrected chi connectivity index (χ3v) is 5.46. The molecule has 4 rings (SSSR count). The summed E-state index contributed by atoms with van der Waals surface area (Å²) in [4.78, 5) is 32.0. The minimum absolute atomic E-state index is 0.0287. The summed E-state index contributed by atoms with van der Waals surface area (Å²) in [5.74, 6) is 0.246. The molecule has 1 aromatic carbocycles. The second-order valence-corrected chi connectivity index (χ2v) is 7.33. The van der Waals surface area contributed by atoms with Gasteiger partial charge in [0.25, 0.3) is 11.8 Å². The SMILES string of the molecule is O=C(NCCc1ccccc1)c1nc(C(=O)N2CCCC2)n2c1CCCC2. The first-order chi connectivity index (χ1) is 13.2. The summed E-state index contributed by atoms with van der Waals surface area (Å²) in [6.45, 7) is 2.92. The molecule has 1 aromatic heterocycles. The van der Waals surface area contributed by atoms with Gasteiger partial charge in [-0.25, -0.2) is 4.98 Å². The van der Waals surface area contributed by atoms with Crippen LogP contribution in [0.4, 0.5) is 0 Å². The largest absolute Gasteiger partial charge is 0.350 e. The van der Waals surface area contributed by atoms with Crippen LogP contribution in [0.25, 0.3) is 0 Å². The molecule has 0 aliphatic carbocycles. The van der Waals surface area contributed by atoms with E-state index in [1.54, 1.807) is 0 Å². The van der Waals surface area contributed by atoms with Gasteiger partial charge in [-0.15, -0.1) is 0 Å². The lowest BCUT2D eigenvalue weighted by Crippen LogP contribution is -2.31. The maximum absolute atomic E-state index is 12.9. The molecule has 0 saturated carbocycles. The van der Waals surface area contributed by atoms with Crippen LogP contribution < -0.4 is 5.32 Å². The zero-order chi connectivity index (χ0) is 18.6. The Kier molecular flexibility index (Phi) is 5.23. The van der Waals surface area contributed by atoms with Crippen molar-refractivity contribution in [3.63, 3.8) is 0 Å². The monoisotopic (exact) mass is 366 g/mol. The van der Waals surface area contributed by atoms with Gasteiger partial charge in [0, 0.05) is 26.2 Å². The zero-order valence-electron chi connectivity index (χ0n) is 15.6. The van der Waals surface area contributed by atoms with Crippen molar-refractivity contribution >= 4 is 11.8 Å². The summed E-state index contributed by atoms with van der Waals surface area (Å²) in [7, 11) is 0.